The Kier molecular flexibility index (Phi) is 16.1. The van der Waals surface area contributed by atoms with Crippen molar-refractivity contribution >= 4 is 25.2 Å². The van der Waals surface area contributed by atoms with Gasteiger partial charge in [-0.2, -0.15) is 9.97 Å². The Morgan fingerprint density at radius 3 is 1.60 bits per heavy atom. The molecule has 338 valence electrons. The van der Waals surface area contributed by atoms with Crippen LogP contribution in [0.15, 0.2) is 158 Å². The van der Waals surface area contributed by atoms with Crippen molar-refractivity contribution in [3.05, 3.63) is 186 Å². The maximum absolute atomic E-state index is 7.09. The molecule has 1 aliphatic heterocycles. The van der Waals surface area contributed by atoms with Crippen LogP contribution in [0.4, 0.5) is 5.95 Å². The molecule has 0 aliphatic carbocycles. The fourth-order valence-electron chi connectivity index (χ4n) is 7.48. The number of fused-ring (bicyclic) bond motifs is 1. The molecule has 5 atom stereocenters. The first-order valence-corrected chi connectivity index (χ1v) is 26.0. The van der Waals surface area contributed by atoms with Crippen molar-refractivity contribution in [3.8, 4) is 5.88 Å². The van der Waals surface area contributed by atoms with Crippen LogP contribution in [-0.4, -0.2) is 71.5 Å². The van der Waals surface area contributed by atoms with E-state index in [-0.39, 0.29) is 32.5 Å². The summed E-state index contributed by atoms with van der Waals surface area (Å²) in [5.41, 5.74) is 6.14. The monoisotopic (exact) mass is 893 g/mol. The summed E-state index contributed by atoms with van der Waals surface area (Å²) in [7, 11) is -1.30. The molecule has 5 aromatic carbocycles. The first-order chi connectivity index (χ1) is 31.8. The highest BCUT2D eigenvalue weighted by Crippen LogP contribution is 2.33. The van der Waals surface area contributed by atoms with Crippen molar-refractivity contribution in [2.45, 2.75) is 96.1 Å². The summed E-state index contributed by atoms with van der Waals surface area (Å²) >= 11 is 0. The molecular formula is C52H59N5O7Si. The molecule has 1 saturated heterocycles. The Morgan fingerprint density at radius 2 is 1.06 bits per heavy atom. The average Bonchev–Trinajstić information content (AvgIpc) is 3.74. The third kappa shape index (κ3) is 13.4. The van der Waals surface area contributed by atoms with Gasteiger partial charge in [0.15, 0.2) is 17.4 Å². The third-order valence-electron chi connectivity index (χ3n) is 11.0. The third-order valence-corrected chi connectivity index (χ3v) is 12.7. The second kappa shape index (κ2) is 22.9. The van der Waals surface area contributed by atoms with E-state index in [1.54, 1.807) is 6.33 Å². The average molecular weight is 894 g/mol. The van der Waals surface area contributed by atoms with Crippen molar-refractivity contribution in [3.63, 3.8) is 0 Å². The predicted molar refractivity (Wildman–Crippen MR) is 254 cm³/mol. The molecular weight excluding hydrogens is 835 g/mol. The molecule has 7 aromatic rings. The highest BCUT2D eigenvalue weighted by Gasteiger charge is 2.49. The number of nitrogens with zero attached hydrogens (tertiary/aromatic N) is 4. The smallest absolute Gasteiger partial charge is 0.247 e. The molecule has 0 unspecified atom stereocenters. The molecule has 0 amide bonds. The van der Waals surface area contributed by atoms with Crippen LogP contribution >= 0.6 is 0 Å². The van der Waals surface area contributed by atoms with Crippen molar-refractivity contribution in [1.82, 2.24) is 19.5 Å². The molecule has 0 saturated carbocycles. The van der Waals surface area contributed by atoms with Crippen LogP contribution in [-0.2, 0) is 68.2 Å². The molecule has 1 fully saturated rings. The quantitative estimate of drug-likeness (QED) is 0.0488. The van der Waals surface area contributed by atoms with Gasteiger partial charge >= 0.3 is 0 Å². The fraction of sp³-hybridized carbons (Fsp3) is 0.327. The molecule has 0 radical (unpaired) electrons. The van der Waals surface area contributed by atoms with Gasteiger partial charge in [-0.1, -0.05) is 171 Å². The van der Waals surface area contributed by atoms with Gasteiger partial charge in [0, 0.05) is 14.7 Å². The molecule has 1 N–H and O–H groups in total. The Balaban J connectivity index is 1.16. The van der Waals surface area contributed by atoms with E-state index in [9.17, 15) is 0 Å². The summed E-state index contributed by atoms with van der Waals surface area (Å²) in [6.45, 7) is 9.72. The summed E-state index contributed by atoms with van der Waals surface area (Å²) in [5.74, 6) is 0.584. The van der Waals surface area contributed by atoms with Gasteiger partial charge < -0.3 is 38.5 Å². The Bertz CT molecular complexity index is 2460. The number of imidazole rings is 1. The summed E-state index contributed by atoms with van der Waals surface area (Å²) < 4.78 is 48.8. The van der Waals surface area contributed by atoms with Crippen LogP contribution in [0.2, 0.25) is 25.7 Å². The summed E-state index contributed by atoms with van der Waals surface area (Å²) in [5, 5.41) is 3.55. The van der Waals surface area contributed by atoms with Crippen LogP contribution < -0.4 is 10.1 Å². The first kappa shape index (κ1) is 45.8. The normalized spacial score (nSPS) is 18.7. The van der Waals surface area contributed by atoms with Gasteiger partial charge in [-0.25, -0.2) is 4.98 Å². The molecule has 12 nitrogen and oxygen atoms in total. The lowest BCUT2D eigenvalue weighted by atomic mass is 9.97. The topological polar surface area (TPSA) is 120 Å². The largest absolute Gasteiger partial charge is 0.471 e. The summed E-state index contributed by atoms with van der Waals surface area (Å²) in [4.78, 5) is 14.7. The number of benzene rings is 5. The zero-order valence-corrected chi connectivity index (χ0v) is 38.4. The number of anilines is 1. The number of hydrogen-bond acceptors (Lipinski definition) is 11. The van der Waals surface area contributed by atoms with Crippen LogP contribution in [0.1, 0.15) is 27.8 Å². The van der Waals surface area contributed by atoms with Crippen molar-refractivity contribution in [2.75, 3.05) is 18.5 Å². The predicted octanol–water partition coefficient (Wildman–Crippen LogP) is 9.83. The standard InChI is InChI=1S/C52H59N5O7Si/c1-65(2,3)30-29-58-38-57-37-53-45-49(57)54-52(55-50(45)63-35-43-27-17-8-18-28-43)56-51-48(62-34-42-25-15-7-16-26-42)47(61-33-41-23-13-6-14-24-41)46(60-32-40-21-11-5-12-22-40)44(64-51)36-59-31-39-19-9-4-10-20-39/h4-28,37,44,46-48,51H,29-36,38H2,1-3H3,(H,54,55,56)/t44-,46-,47+,48+,51-/m1/s1. The molecule has 8 rings (SSSR count). The van der Waals surface area contributed by atoms with Crippen molar-refractivity contribution in [2.24, 2.45) is 0 Å². The number of aromatic nitrogens is 4. The van der Waals surface area contributed by atoms with Gasteiger partial charge in [0.05, 0.1) is 39.4 Å². The van der Waals surface area contributed by atoms with Gasteiger partial charge in [0.1, 0.15) is 37.8 Å². The van der Waals surface area contributed by atoms with Crippen molar-refractivity contribution in [1.29, 1.82) is 0 Å². The van der Waals surface area contributed by atoms with Crippen LogP contribution in [0.25, 0.3) is 11.2 Å². The summed E-state index contributed by atoms with van der Waals surface area (Å²) in [6.07, 6.45) is -1.73. The molecule has 3 heterocycles. The first-order valence-electron chi connectivity index (χ1n) is 22.3. The van der Waals surface area contributed by atoms with Gasteiger partial charge in [0.2, 0.25) is 11.8 Å². The van der Waals surface area contributed by atoms with Gasteiger partial charge in [-0.15, -0.1) is 0 Å². The van der Waals surface area contributed by atoms with Gasteiger partial charge in [-0.3, -0.25) is 4.57 Å². The van der Waals surface area contributed by atoms with E-state index < -0.39 is 38.7 Å². The number of nitrogens with one attached hydrogen (secondary N) is 1. The Labute approximate surface area is 382 Å². The molecule has 0 spiro atoms. The van der Waals surface area contributed by atoms with E-state index in [1.165, 1.54) is 0 Å². The Hall–Kier alpha value is -5.77. The molecule has 0 bridgehead atoms. The molecule has 1 aliphatic rings. The van der Waals surface area contributed by atoms with Crippen molar-refractivity contribution < 1.29 is 33.2 Å². The minimum absolute atomic E-state index is 0.204. The van der Waals surface area contributed by atoms with E-state index in [2.05, 4.69) is 25.0 Å². The van der Waals surface area contributed by atoms with Crippen LogP contribution in [0, 0.1) is 0 Å². The lowest BCUT2D eigenvalue weighted by molar-refractivity contribution is -0.267. The van der Waals surface area contributed by atoms with Gasteiger partial charge in [0.25, 0.3) is 0 Å². The number of rotatable bonds is 23. The van der Waals surface area contributed by atoms with E-state index in [0.29, 0.717) is 43.5 Å². The summed E-state index contributed by atoms with van der Waals surface area (Å²) in [6, 6.07) is 51.4. The van der Waals surface area contributed by atoms with E-state index in [4.69, 9.17) is 48.1 Å². The van der Waals surface area contributed by atoms with E-state index in [1.807, 2.05) is 156 Å². The second-order valence-corrected chi connectivity index (χ2v) is 23.0. The minimum Gasteiger partial charge on any atom is -0.471 e. The number of hydrogen-bond donors (Lipinski definition) is 1. The Morgan fingerprint density at radius 1 is 0.569 bits per heavy atom. The van der Waals surface area contributed by atoms with Crippen LogP contribution in [0.5, 0.6) is 5.88 Å². The molecule has 65 heavy (non-hydrogen) atoms. The maximum Gasteiger partial charge on any atom is 0.247 e. The van der Waals surface area contributed by atoms with E-state index >= 15 is 0 Å². The zero-order chi connectivity index (χ0) is 44.7. The highest BCUT2D eigenvalue weighted by atomic mass is 28.3. The SMILES string of the molecule is C[Si](C)(C)CCOCn1cnc2c(OCc3ccccc3)nc(N[C@@H]3O[C@H](COCc4ccccc4)[C@@H](OCc4ccccc4)[C@H](OCc4ccccc4)[C@@H]3OCc3ccccc3)nc21. The number of ether oxygens (including phenoxy) is 7. The van der Waals surface area contributed by atoms with E-state index in [0.717, 1.165) is 33.9 Å². The maximum atomic E-state index is 7.09. The molecule has 2 aromatic heterocycles. The molecule has 13 heteroatoms. The second-order valence-electron chi connectivity index (χ2n) is 17.4. The minimum atomic E-state index is -1.30. The zero-order valence-electron chi connectivity index (χ0n) is 37.4. The van der Waals surface area contributed by atoms with Gasteiger partial charge in [-0.05, 0) is 33.9 Å². The lowest BCUT2D eigenvalue weighted by Crippen LogP contribution is -2.63. The van der Waals surface area contributed by atoms with Crippen LogP contribution in [0.3, 0.4) is 0 Å². The lowest BCUT2D eigenvalue weighted by Gasteiger charge is -2.46. The fourth-order valence-corrected chi connectivity index (χ4v) is 8.23. The highest BCUT2D eigenvalue weighted by molar-refractivity contribution is 6.76.